The van der Waals surface area contributed by atoms with E-state index >= 15 is 0 Å². The molecule has 0 radical (unpaired) electrons. The molecular weight excluding hydrogens is 641 g/mol. The van der Waals surface area contributed by atoms with Crippen LogP contribution in [0.3, 0.4) is 0 Å². The average molecular weight is 668 g/mol. The second kappa shape index (κ2) is 14.7. The molecule has 4 aromatic carbocycles. The molecule has 4 rings (SSSR count). The largest absolute Gasteiger partial charge is 1.00 e. The van der Waals surface area contributed by atoms with Gasteiger partial charge in [-0.15, -0.1) is 5.56 Å². The molecule has 0 aliphatic heterocycles. The maximum Gasteiger partial charge on any atom is 1.00 e. The van der Waals surface area contributed by atoms with Gasteiger partial charge in [0.25, 0.3) is 0 Å². The number of esters is 1. The fourth-order valence-corrected chi connectivity index (χ4v) is 4.11. The monoisotopic (exact) mass is 668 g/mol. The van der Waals surface area contributed by atoms with Crippen molar-refractivity contribution in [3.63, 3.8) is 0 Å². The molecule has 3 nitrogen and oxygen atoms in total. The first-order chi connectivity index (χ1) is 18.7. The summed E-state index contributed by atoms with van der Waals surface area (Å²) in [7, 11) is 0. The zero-order chi connectivity index (χ0) is 28.0. The predicted molar refractivity (Wildman–Crippen MR) is 143 cm³/mol. The third-order valence-electron chi connectivity index (χ3n) is 6.21. The first-order valence-corrected chi connectivity index (χ1v) is 12.6. The number of benzene rings is 4. The first-order valence-electron chi connectivity index (χ1n) is 12.6. The summed E-state index contributed by atoms with van der Waals surface area (Å²) < 4.78 is 67.9. The van der Waals surface area contributed by atoms with Gasteiger partial charge in [-0.05, 0) is 65.4 Å². The molecule has 0 spiro atoms. The molecule has 1 atom stereocenters. The summed E-state index contributed by atoms with van der Waals surface area (Å²) in [5.41, 5.74) is 1.03. The Morgan fingerprint density at radius 2 is 1.43 bits per heavy atom. The van der Waals surface area contributed by atoms with Crippen LogP contribution in [-0.4, -0.2) is 18.7 Å². The fraction of sp³-hybridized carbons (Fsp3) is 0.219. The maximum absolute atomic E-state index is 14.9. The molecule has 202 valence electrons. The minimum absolute atomic E-state index is 0. The number of hydrogen-bond donors (Lipinski definition) is 0. The smallest absolute Gasteiger partial charge is 0.479 e. The third-order valence-corrected chi connectivity index (χ3v) is 6.21. The normalized spacial score (nSPS) is 11.8. The molecule has 0 aromatic heterocycles. The van der Waals surface area contributed by atoms with Crippen LogP contribution in [0.4, 0.5) is 17.6 Å². The fourth-order valence-electron chi connectivity index (χ4n) is 4.11. The average Bonchev–Trinajstić information content (AvgIpc) is 2.93. The summed E-state index contributed by atoms with van der Waals surface area (Å²) in [6.45, 7) is 3.84. The Hall–Kier alpha value is -2.08. The zero-order valence-corrected chi connectivity index (χ0v) is 28.8. The molecular formula is C32H27CsF4O3. The number of hydrogen-bond acceptors (Lipinski definition) is 3. The SMILES string of the molecule is CCCCOC(=O)C(C)Oc1ccc(-c2ccc(-c3ccc(-c4cc[c-]cc4)c(F)c3)cc2C(F)(F)F)cc1.[Cs+]. The summed E-state index contributed by atoms with van der Waals surface area (Å²) in [5, 5.41) is 0. The van der Waals surface area contributed by atoms with Gasteiger partial charge >= 0.3 is 81.0 Å². The molecule has 0 saturated carbocycles. The van der Waals surface area contributed by atoms with Crippen LogP contribution in [0, 0.1) is 11.9 Å². The van der Waals surface area contributed by atoms with Gasteiger partial charge in [-0.25, -0.2) is 9.18 Å². The molecule has 0 aliphatic carbocycles. The van der Waals surface area contributed by atoms with Crippen molar-refractivity contribution in [1.29, 1.82) is 0 Å². The number of alkyl halides is 3. The van der Waals surface area contributed by atoms with Crippen LogP contribution in [0.15, 0.2) is 84.9 Å². The van der Waals surface area contributed by atoms with Crippen molar-refractivity contribution in [2.45, 2.75) is 39.0 Å². The quantitative estimate of drug-likeness (QED) is 0.0986. The van der Waals surface area contributed by atoms with E-state index in [2.05, 4.69) is 6.07 Å². The minimum atomic E-state index is -4.64. The first kappa shape index (κ1) is 32.4. The number of carbonyl (C=O) groups excluding carboxylic acids is 1. The van der Waals surface area contributed by atoms with Crippen LogP contribution >= 0.6 is 0 Å². The van der Waals surface area contributed by atoms with E-state index < -0.39 is 29.6 Å². The van der Waals surface area contributed by atoms with Gasteiger partial charge in [0, 0.05) is 0 Å². The van der Waals surface area contributed by atoms with Gasteiger partial charge in [-0.1, -0.05) is 49.7 Å². The van der Waals surface area contributed by atoms with E-state index in [4.69, 9.17) is 9.47 Å². The number of ether oxygens (including phenoxy) is 2. The van der Waals surface area contributed by atoms with Gasteiger partial charge in [0.2, 0.25) is 0 Å². The molecule has 0 saturated heterocycles. The standard InChI is InChI=1S/C32H27F4O3.Cs/c1-3-4-18-38-31(37)21(2)39-26-14-10-23(11-15-26)27-16-12-24(19-29(27)32(34,35)36)25-13-17-28(30(33)20-25)22-8-6-5-7-9-22;/h6-17,19-21H,3-4,18H2,1-2H3;/q-1;+1. The number of rotatable bonds is 9. The van der Waals surface area contributed by atoms with Gasteiger partial charge in [0.05, 0.1) is 12.2 Å². The molecule has 0 fully saturated rings. The molecule has 8 heteroatoms. The Kier molecular flexibility index (Phi) is 11.9. The zero-order valence-electron chi connectivity index (χ0n) is 22.5. The van der Waals surface area contributed by atoms with E-state index in [1.807, 2.05) is 6.92 Å². The van der Waals surface area contributed by atoms with Crippen LogP contribution in [0.5, 0.6) is 5.75 Å². The molecule has 0 amide bonds. The number of unbranched alkanes of at least 4 members (excludes halogenated alkanes) is 1. The topological polar surface area (TPSA) is 35.5 Å². The van der Waals surface area contributed by atoms with Gasteiger partial charge < -0.3 is 9.47 Å². The van der Waals surface area contributed by atoms with E-state index in [1.54, 1.807) is 43.3 Å². The van der Waals surface area contributed by atoms with Crippen LogP contribution in [-0.2, 0) is 15.7 Å². The van der Waals surface area contributed by atoms with Gasteiger partial charge in [0.1, 0.15) is 11.6 Å². The number of halogens is 4. The molecule has 1 unspecified atom stereocenters. The summed E-state index contributed by atoms with van der Waals surface area (Å²) in [5.74, 6) is -0.708. The van der Waals surface area contributed by atoms with Crippen molar-refractivity contribution in [3.05, 3.63) is 102 Å². The van der Waals surface area contributed by atoms with Crippen molar-refractivity contribution in [2.75, 3.05) is 6.61 Å². The van der Waals surface area contributed by atoms with Crippen LogP contribution < -0.4 is 73.6 Å². The summed E-state index contributed by atoms with van der Waals surface area (Å²) in [6, 6.07) is 24.0. The molecule has 0 heterocycles. The second-order valence-electron chi connectivity index (χ2n) is 9.05. The van der Waals surface area contributed by atoms with E-state index in [-0.39, 0.29) is 80.0 Å². The van der Waals surface area contributed by atoms with Gasteiger partial charge in [-0.2, -0.15) is 43.5 Å². The maximum atomic E-state index is 14.9. The predicted octanol–water partition coefficient (Wildman–Crippen LogP) is 5.76. The Labute approximate surface area is 290 Å². The molecule has 0 N–H and O–H groups in total. The van der Waals surface area contributed by atoms with Gasteiger partial charge in [0.15, 0.2) is 6.10 Å². The van der Waals surface area contributed by atoms with Crippen molar-refractivity contribution < 1.29 is 101 Å². The van der Waals surface area contributed by atoms with Crippen molar-refractivity contribution >= 4 is 5.97 Å². The van der Waals surface area contributed by atoms with Crippen LogP contribution in [0.1, 0.15) is 32.3 Å². The number of carbonyl (C=O) groups is 1. The Morgan fingerprint density at radius 1 is 0.850 bits per heavy atom. The van der Waals surface area contributed by atoms with E-state index in [9.17, 15) is 22.4 Å². The van der Waals surface area contributed by atoms with Gasteiger partial charge in [-0.3, -0.25) is 0 Å². The molecule has 0 aliphatic rings. The Morgan fingerprint density at radius 3 is 2.02 bits per heavy atom. The van der Waals surface area contributed by atoms with Crippen LogP contribution in [0.25, 0.3) is 33.4 Å². The van der Waals surface area contributed by atoms with Crippen molar-refractivity contribution in [3.8, 4) is 39.1 Å². The van der Waals surface area contributed by atoms with E-state index in [1.165, 1.54) is 42.5 Å². The molecule has 4 aromatic rings. The summed E-state index contributed by atoms with van der Waals surface area (Å²) in [4.78, 5) is 12.0. The third kappa shape index (κ3) is 8.24. The summed E-state index contributed by atoms with van der Waals surface area (Å²) in [6.07, 6.45) is -3.86. The molecule has 40 heavy (non-hydrogen) atoms. The summed E-state index contributed by atoms with van der Waals surface area (Å²) >= 11 is 0. The molecule has 0 bridgehead atoms. The van der Waals surface area contributed by atoms with Crippen molar-refractivity contribution in [2.24, 2.45) is 0 Å². The van der Waals surface area contributed by atoms with E-state index in [0.717, 1.165) is 18.9 Å². The Bertz CT molecular complexity index is 1420. The minimum Gasteiger partial charge on any atom is -0.479 e. The Balaban J connectivity index is 0.00000441. The second-order valence-corrected chi connectivity index (χ2v) is 9.05. The van der Waals surface area contributed by atoms with E-state index in [0.29, 0.717) is 34.6 Å². The van der Waals surface area contributed by atoms with Crippen molar-refractivity contribution in [1.82, 2.24) is 0 Å². The van der Waals surface area contributed by atoms with Crippen LogP contribution in [0.2, 0.25) is 0 Å².